The molecule has 0 radical (unpaired) electrons. The van der Waals surface area contributed by atoms with Crippen molar-refractivity contribution >= 4 is 11.4 Å². The number of nitrogens with one attached hydrogen (secondary N) is 1. The predicted octanol–water partition coefficient (Wildman–Crippen LogP) is 4.87. The summed E-state index contributed by atoms with van der Waals surface area (Å²) in [4.78, 5) is 10.8. The van der Waals surface area contributed by atoms with Crippen molar-refractivity contribution in [2.75, 3.05) is 5.32 Å². The Balaban J connectivity index is 1.82. The third kappa shape index (κ3) is 2.28. The molecule has 4 nitrogen and oxygen atoms in total. The van der Waals surface area contributed by atoms with Gasteiger partial charge in [-0.15, -0.1) is 0 Å². The Bertz CT molecular complexity index is 845. The molecule has 0 saturated carbocycles. The van der Waals surface area contributed by atoms with Crippen LogP contribution in [0.2, 0.25) is 0 Å². The SMILES string of the molecule is Cc1cc([N+](=O)[O-])cc2c1N[C@H](c1ccc(F)cc1)[C@@H]1CC=C[C@H]21. The molecule has 4 rings (SSSR count). The van der Waals surface area contributed by atoms with Crippen LogP contribution in [0.1, 0.15) is 35.1 Å². The molecule has 1 aliphatic carbocycles. The molecule has 1 N–H and O–H groups in total. The van der Waals surface area contributed by atoms with E-state index in [4.69, 9.17) is 0 Å². The number of nitro groups is 1. The summed E-state index contributed by atoms with van der Waals surface area (Å²) in [5, 5.41) is 14.7. The summed E-state index contributed by atoms with van der Waals surface area (Å²) in [7, 11) is 0. The molecule has 2 aromatic carbocycles. The Labute approximate surface area is 139 Å². The van der Waals surface area contributed by atoms with Crippen molar-refractivity contribution in [2.24, 2.45) is 5.92 Å². The van der Waals surface area contributed by atoms with Crippen LogP contribution in [-0.2, 0) is 0 Å². The van der Waals surface area contributed by atoms with Crippen LogP contribution in [0, 0.1) is 28.8 Å². The maximum Gasteiger partial charge on any atom is 0.270 e. The highest BCUT2D eigenvalue weighted by atomic mass is 19.1. The van der Waals surface area contributed by atoms with E-state index >= 15 is 0 Å². The van der Waals surface area contributed by atoms with Gasteiger partial charge in [0, 0.05) is 23.7 Å². The summed E-state index contributed by atoms with van der Waals surface area (Å²) in [5.74, 6) is 0.183. The molecule has 122 valence electrons. The van der Waals surface area contributed by atoms with Gasteiger partial charge in [0.2, 0.25) is 0 Å². The smallest absolute Gasteiger partial charge is 0.270 e. The van der Waals surface area contributed by atoms with E-state index in [0.717, 1.165) is 28.8 Å². The zero-order chi connectivity index (χ0) is 16.8. The molecule has 1 heterocycles. The van der Waals surface area contributed by atoms with Gasteiger partial charge in [0.1, 0.15) is 5.82 Å². The van der Waals surface area contributed by atoms with Crippen LogP contribution in [0.25, 0.3) is 0 Å². The van der Waals surface area contributed by atoms with Crippen LogP contribution in [0.5, 0.6) is 0 Å². The first-order chi connectivity index (χ1) is 11.5. The van der Waals surface area contributed by atoms with Gasteiger partial charge >= 0.3 is 0 Å². The van der Waals surface area contributed by atoms with E-state index < -0.39 is 0 Å². The lowest BCUT2D eigenvalue weighted by molar-refractivity contribution is -0.385. The Morgan fingerprint density at radius 2 is 2.00 bits per heavy atom. The number of nitro benzene ring substituents is 1. The quantitative estimate of drug-likeness (QED) is 0.487. The van der Waals surface area contributed by atoms with Crippen molar-refractivity contribution in [3.8, 4) is 0 Å². The van der Waals surface area contributed by atoms with Gasteiger partial charge in [0.05, 0.1) is 11.0 Å². The molecule has 0 unspecified atom stereocenters. The standard InChI is InChI=1S/C19H17FN2O2/c1-11-9-14(22(23)24)10-17-15-3-2-4-16(15)19(21-18(11)17)12-5-7-13(20)8-6-12/h2-3,5-10,15-16,19,21H,4H2,1H3/t15-,16+,19+/m0/s1. The summed E-state index contributed by atoms with van der Waals surface area (Å²) >= 11 is 0. The maximum absolute atomic E-state index is 13.2. The molecule has 2 aliphatic rings. The van der Waals surface area contributed by atoms with Crippen LogP contribution in [-0.4, -0.2) is 4.92 Å². The number of allylic oxidation sites excluding steroid dienone is 2. The van der Waals surface area contributed by atoms with E-state index in [9.17, 15) is 14.5 Å². The highest BCUT2D eigenvalue weighted by molar-refractivity contribution is 5.67. The molecule has 0 bridgehead atoms. The zero-order valence-corrected chi connectivity index (χ0v) is 13.2. The molecular weight excluding hydrogens is 307 g/mol. The monoisotopic (exact) mass is 324 g/mol. The van der Waals surface area contributed by atoms with Crippen LogP contribution in [0.15, 0.2) is 48.6 Å². The second-order valence-corrected chi connectivity index (χ2v) is 6.51. The van der Waals surface area contributed by atoms with Gasteiger partial charge in [0.25, 0.3) is 5.69 Å². The fraction of sp³-hybridized carbons (Fsp3) is 0.263. The predicted molar refractivity (Wildman–Crippen MR) is 90.6 cm³/mol. The van der Waals surface area contributed by atoms with E-state index in [1.165, 1.54) is 12.1 Å². The fourth-order valence-corrected chi connectivity index (χ4v) is 3.97. The minimum absolute atomic E-state index is 0.0678. The first-order valence-electron chi connectivity index (χ1n) is 8.02. The van der Waals surface area contributed by atoms with Gasteiger partial charge in [-0.1, -0.05) is 24.3 Å². The Kier molecular flexibility index (Phi) is 3.37. The Hall–Kier alpha value is -2.69. The number of anilines is 1. The Morgan fingerprint density at radius 3 is 2.71 bits per heavy atom. The number of benzene rings is 2. The van der Waals surface area contributed by atoms with Crippen LogP contribution in [0.3, 0.4) is 0 Å². The third-order valence-corrected chi connectivity index (χ3v) is 5.09. The van der Waals surface area contributed by atoms with Crippen molar-refractivity contribution in [2.45, 2.75) is 25.3 Å². The molecule has 0 saturated heterocycles. The lowest BCUT2D eigenvalue weighted by Crippen LogP contribution is -2.29. The summed E-state index contributed by atoms with van der Waals surface area (Å²) in [6, 6.07) is 9.94. The third-order valence-electron chi connectivity index (χ3n) is 5.09. The molecule has 0 fully saturated rings. The molecule has 0 amide bonds. The number of fused-ring (bicyclic) bond motifs is 3. The van der Waals surface area contributed by atoms with Crippen molar-refractivity contribution in [1.29, 1.82) is 0 Å². The van der Waals surface area contributed by atoms with Crippen molar-refractivity contribution in [3.63, 3.8) is 0 Å². The number of hydrogen-bond donors (Lipinski definition) is 1. The average molecular weight is 324 g/mol. The first-order valence-corrected chi connectivity index (χ1v) is 8.02. The highest BCUT2D eigenvalue weighted by Crippen LogP contribution is 2.51. The molecular formula is C19H17FN2O2. The van der Waals surface area contributed by atoms with E-state index in [0.29, 0.717) is 0 Å². The van der Waals surface area contributed by atoms with E-state index in [1.54, 1.807) is 12.1 Å². The summed E-state index contributed by atoms with van der Waals surface area (Å²) in [6.45, 7) is 1.89. The molecule has 24 heavy (non-hydrogen) atoms. The minimum Gasteiger partial charge on any atom is -0.377 e. The lowest BCUT2D eigenvalue weighted by atomic mass is 9.76. The maximum atomic E-state index is 13.2. The zero-order valence-electron chi connectivity index (χ0n) is 13.2. The lowest BCUT2D eigenvalue weighted by Gasteiger charge is -2.38. The van der Waals surface area contributed by atoms with Gasteiger partial charge in [0.15, 0.2) is 0 Å². The van der Waals surface area contributed by atoms with Crippen LogP contribution < -0.4 is 5.32 Å². The number of rotatable bonds is 2. The minimum atomic E-state index is -0.340. The summed E-state index contributed by atoms with van der Waals surface area (Å²) < 4.78 is 13.2. The normalized spacial score (nSPS) is 24.2. The summed E-state index contributed by atoms with van der Waals surface area (Å²) in [6.07, 6.45) is 5.18. The molecule has 2 aromatic rings. The Morgan fingerprint density at radius 1 is 1.25 bits per heavy atom. The second kappa shape index (κ2) is 5.44. The number of aryl methyl sites for hydroxylation is 1. The first kappa shape index (κ1) is 14.9. The van der Waals surface area contributed by atoms with E-state index in [2.05, 4.69) is 17.5 Å². The van der Waals surface area contributed by atoms with Crippen molar-refractivity contribution in [1.82, 2.24) is 0 Å². The van der Waals surface area contributed by atoms with Gasteiger partial charge in [-0.3, -0.25) is 10.1 Å². The number of hydrogen-bond acceptors (Lipinski definition) is 3. The van der Waals surface area contributed by atoms with Gasteiger partial charge in [-0.25, -0.2) is 4.39 Å². The number of nitrogens with zero attached hydrogens (tertiary/aromatic N) is 1. The number of halogens is 1. The average Bonchev–Trinajstić information content (AvgIpc) is 3.05. The van der Waals surface area contributed by atoms with Crippen LogP contribution in [0.4, 0.5) is 15.8 Å². The molecule has 0 spiro atoms. The van der Waals surface area contributed by atoms with E-state index in [1.807, 2.05) is 19.1 Å². The highest BCUT2D eigenvalue weighted by Gasteiger charge is 2.39. The van der Waals surface area contributed by atoms with Gasteiger partial charge < -0.3 is 5.32 Å². The largest absolute Gasteiger partial charge is 0.377 e. The molecule has 1 aliphatic heterocycles. The van der Waals surface area contributed by atoms with Crippen LogP contribution >= 0.6 is 0 Å². The number of non-ortho nitro benzene ring substituents is 1. The van der Waals surface area contributed by atoms with E-state index in [-0.39, 0.29) is 34.3 Å². The summed E-state index contributed by atoms with van der Waals surface area (Å²) in [5.41, 5.74) is 3.98. The fourth-order valence-electron chi connectivity index (χ4n) is 3.97. The second-order valence-electron chi connectivity index (χ2n) is 6.51. The van der Waals surface area contributed by atoms with Gasteiger partial charge in [-0.2, -0.15) is 0 Å². The van der Waals surface area contributed by atoms with Crippen molar-refractivity contribution in [3.05, 3.63) is 81.2 Å². The molecule has 3 atom stereocenters. The van der Waals surface area contributed by atoms with Crippen molar-refractivity contribution < 1.29 is 9.31 Å². The molecule has 5 heteroatoms. The van der Waals surface area contributed by atoms with Gasteiger partial charge in [-0.05, 0) is 48.1 Å². The molecule has 0 aromatic heterocycles. The topological polar surface area (TPSA) is 55.2 Å².